The lowest BCUT2D eigenvalue weighted by Crippen LogP contribution is -2.41. The number of hydrogen-bond donors (Lipinski definition) is 6. The van der Waals surface area contributed by atoms with Gasteiger partial charge >= 0.3 is 11.9 Å². The Morgan fingerprint density at radius 3 is 1.57 bits per heavy atom. The molecule has 0 unspecified atom stereocenters. The Hall–Kier alpha value is -2.77. The van der Waals surface area contributed by atoms with Gasteiger partial charge in [-0.25, -0.2) is 4.79 Å². The van der Waals surface area contributed by atoms with Gasteiger partial charge in [-0.15, -0.1) is 0 Å². The number of ether oxygens (including phenoxy) is 2. The summed E-state index contributed by atoms with van der Waals surface area (Å²) < 4.78 is 10.4. The first-order valence-electron chi connectivity index (χ1n) is 16.3. The molecule has 0 aliphatic rings. The topological polar surface area (TPSA) is 201 Å². The van der Waals surface area contributed by atoms with E-state index in [1.165, 1.54) is 44.9 Å². The minimum atomic E-state index is -1.17. The number of nitrogens with one attached hydrogen (secondary N) is 3. The van der Waals surface area contributed by atoms with Crippen molar-refractivity contribution in [1.82, 2.24) is 16.0 Å². The Morgan fingerprint density at radius 1 is 0.545 bits per heavy atom. The second kappa shape index (κ2) is 30.3. The first-order valence-corrected chi connectivity index (χ1v) is 16.3. The number of aliphatic hydroxyl groups excluding tert-OH is 1. The zero-order valence-corrected chi connectivity index (χ0v) is 26.5. The minimum Gasteiger partial charge on any atom is -0.481 e. The highest BCUT2D eigenvalue weighted by atomic mass is 16.5. The number of carboxylic acid groups (broad SMARTS) is 2. The fraction of sp³-hybridized carbons (Fsp3) is 0.839. The average molecular weight is 632 g/mol. The molecule has 0 aliphatic carbocycles. The zero-order valence-electron chi connectivity index (χ0n) is 26.5. The molecule has 1 atom stereocenters. The molecule has 0 spiro atoms. The molecule has 0 aromatic rings. The van der Waals surface area contributed by atoms with E-state index in [2.05, 4.69) is 16.0 Å². The van der Waals surface area contributed by atoms with E-state index in [-0.39, 0.29) is 89.5 Å². The summed E-state index contributed by atoms with van der Waals surface area (Å²) in [6, 6.07) is -1.12. The summed E-state index contributed by atoms with van der Waals surface area (Å²) in [6.07, 6.45) is 15.7. The molecule has 256 valence electrons. The largest absolute Gasteiger partial charge is 0.481 e. The summed E-state index contributed by atoms with van der Waals surface area (Å²) in [7, 11) is 0. The highest BCUT2D eigenvalue weighted by Crippen LogP contribution is 2.14. The van der Waals surface area contributed by atoms with E-state index in [0.29, 0.717) is 6.42 Å². The maximum atomic E-state index is 12.2. The number of carboxylic acids is 2. The number of hydrogen-bond acceptors (Lipinski definition) is 8. The standard InChI is InChI=1S/C31H57N3O10/c35-21-19-32-29(38)25-44-24-23-43-22-20-33-27(36)18-17-26(31(41)42)34-28(37)15-13-11-9-7-5-3-1-2-4-6-8-10-12-14-16-30(39)40/h26,35H,1-25H2,(H,32,38)(H,33,36)(H,34,37)(H,39,40)(H,41,42)/t26-/m0/s1. The summed E-state index contributed by atoms with van der Waals surface area (Å²) in [5.41, 5.74) is 0. The third kappa shape index (κ3) is 29.3. The van der Waals surface area contributed by atoms with Crippen LogP contribution in [-0.2, 0) is 33.4 Å². The molecule has 0 aromatic carbocycles. The monoisotopic (exact) mass is 631 g/mol. The molecule has 0 saturated heterocycles. The average Bonchev–Trinajstić information content (AvgIpc) is 2.98. The molecular weight excluding hydrogens is 574 g/mol. The van der Waals surface area contributed by atoms with E-state index in [4.69, 9.17) is 19.7 Å². The first kappa shape index (κ1) is 41.2. The van der Waals surface area contributed by atoms with Crippen LogP contribution < -0.4 is 16.0 Å². The summed E-state index contributed by atoms with van der Waals surface area (Å²) in [4.78, 5) is 57.5. The van der Waals surface area contributed by atoms with Crippen molar-refractivity contribution in [2.45, 2.75) is 122 Å². The predicted octanol–water partition coefficient (Wildman–Crippen LogP) is 2.92. The summed E-state index contributed by atoms with van der Waals surface area (Å²) in [6.45, 7) is 0.790. The lowest BCUT2D eigenvalue weighted by Gasteiger charge is -2.14. The van der Waals surface area contributed by atoms with Gasteiger partial charge in [0.15, 0.2) is 0 Å². The Kier molecular flexibility index (Phi) is 28.4. The number of carbonyl (C=O) groups excluding carboxylic acids is 3. The van der Waals surface area contributed by atoms with Gasteiger partial charge in [0, 0.05) is 32.4 Å². The summed E-state index contributed by atoms with van der Waals surface area (Å²) in [5.74, 6) is -2.87. The van der Waals surface area contributed by atoms with Crippen LogP contribution in [0.4, 0.5) is 0 Å². The fourth-order valence-electron chi connectivity index (χ4n) is 4.46. The van der Waals surface area contributed by atoms with Crippen molar-refractivity contribution in [1.29, 1.82) is 0 Å². The number of amides is 3. The fourth-order valence-corrected chi connectivity index (χ4v) is 4.46. The van der Waals surface area contributed by atoms with Gasteiger partial charge in [0.1, 0.15) is 12.6 Å². The minimum absolute atomic E-state index is 0.00720. The highest BCUT2D eigenvalue weighted by molar-refractivity contribution is 5.84. The molecule has 0 fully saturated rings. The molecule has 44 heavy (non-hydrogen) atoms. The van der Waals surface area contributed by atoms with Crippen LogP contribution in [0.3, 0.4) is 0 Å². The molecule has 13 heteroatoms. The third-order valence-corrected chi connectivity index (χ3v) is 6.95. The predicted molar refractivity (Wildman–Crippen MR) is 165 cm³/mol. The molecule has 0 aliphatic heterocycles. The number of rotatable bonds is 32. The van der Waals surface area contributed by atoms with Gasteiger partial charge in [-0.1, -0.05) is 77.0 Å². The second-order valence-electron chi connectivity index (χ2n) is 10.9. The summed E-state index contributed by atoms with van der Waals surface area (Å²) >= 11 is 0. The van der Waals surface area contributed by atoms with Crippen LogP contribution in [-0.4, -0.2) is 97.1 Å². The van der Waals surface area contributed by atoms with Crippen molar-refractivity contribution in [3.63, 3.8) is 0 Å². The van der Waals surface area contributed by atoms with Crippen LogP contribution in [0.2, 0.25) is 0 Å². The molecule has 0 bridgehead atoms. The van der Waals surface area contributed by atoms with Crippen molar-refractivity contribution < 1.29 is 48.8 Å². The molecule has 13 nitrogen and oxygen atoms in total. The molecule has 6 N–H and O–H groups in total. The van der Waals surface area contributed by atoms with Crippen molar-refractivity contribution in [2.75, 3.05) is 46.1 Å². The highest BCUT2D eigenvalue weighted by Gasteiger charge is 2.20. The van der Waals surface area contributed by atoms with E-state index in [1.807, 2.05) is 0 Å². The number of carbonyl (C=O) groups is 5. The number of aliphatic carboxylic acids is 2. The van der Waals surface area contributed by atoms with E-state index in [0.717, 1.165) is 38.5 Å². The molecule has 3 amide bonds. The Labute approximate surface area is 262 Å². The molecule has 0 rings (SSSR count). The molecule has 0 saturated carbocycles. The SMILES string of the molecule is O=C(O)CCCCCCCCCCCCCCCCC(=O)N[C@@H](CCC(=O)NCCOCCOCC(=O)NCCO)C(=O)O. The van der Waals surface area contributed by atoms with Crippen molar-refractivity contribution >= 4 is 29.7 Å². The Morgan fingerprint density at radius 2 is 1.05 bits per heavy atom. The molecular formula is C31H57N3O10. The number of aliphatic hydroxyl groups is 1. The van der Waals surface area contributed by atoms with Gasteiger partial charge in [-0.3, -0.25) is 19.2 Å². The smallest absolute Gasteiger partial charge is 0.326 e. The summed E-state index contributed by atoms with van der Waals surface area (Å²) in [5, 5.41) is 34.3. The van der Waals surface area contributed by atoms with Gasteiger partial charge in [0.25, 0.3) is 0 Å². The van der Waals surface area contributed by atoms with Crippen molar-refractivity contribution in [3.8, 4) is 0 Å². The van der Waals surface area contributed by atoms with Gasteiger partial charge in [-0.2, -0.15) is 0 Å². The van der Waals surface area contributed by atoms with Crippen molar-refractivity contribution in [2.24, 2.45) is 0 Å². The Balaban J connectivity index is 3.67. The van der Waals surface area contributed by atoms with E-state index >= 15 is 0 Å². The number of unbranched alkanes of at least 4 members (excludes halogenated alkanes) is 13. The van der Waals surface area contributed by atoms with Gasteiger partial charge in [0.2, 0.25) is 17.7 Å². The van der Waals surface area contributed by atoms with Crippen LogP contribution in [0.5, 0.6) is 0 Å². The third-order valence-electron chi connectivity index (χ3n) is 6.95. The maximum Gasteiger partial charge on any atom is 0.326 e. The first-order chi connectivity index (χ1) is 21.3. The second-order valence-corrected chi connectivity index (χ2v) is 10.9. The van der Waals surface area contributed by atoms with E-state index in [9.17, 15) is 29.1 Å². The molecule has 0 radical (unpaired) electrons. The lowest BCUT2D eigenvalue weighted by molar-refractivity contribution is -0.142. The quantitative estimate of drug-likeness (QED) is 0.0600. The normalized spacial score (nSPS) is 11.6. The van der Waals surface area contributed by atoms with Crippen LogP contribution >= 0.6 is 0 Å². The Bertz CT molecular complexity index is 782. The lowest BCUT2D eigenvalue weighted by atomic mass is 10.0. The van der Waals surface area contributed by atoms with Crippen LogP contribution in [0.15, 0.2) is 0 Å². The van der Waals surface area contributed by atoms with Crippen LogP contribution in [0, 0.1) is 0 Å². The van der Waals surface area contributed by atoms with Gasteiger partial charge in [-0.05, 0) is 19.3 Å². The molecule has 0 aromatic heterocycles. The van der Waals surface area contributed by atoms with Gasteiger partial charge in [0.05, 0.1) is 26.4 Å². The van der Waals surface area contributed by atoms with E-state index < -0.39 is 18.0 Å². The van der Waals surface area contributed by atoms with Crippen LogP contribution in [0.1, 0.15) is 116 Å². The maximum absolute atomic E-state index is 12.2. The zero-order chi connectivity index (χ0) is 32.7. The molecule has 0 heterocycles. The van der Waals surface area contributed by atoms with Gasteiger partial charge < -0.3 is 40.7 Å². The van der Waals surface area contributed by atoms with E-state index in [1.54, 1.807) is 0 Å². The van der Waals surface area contributed by atoms with Crippen LogP contribution in [0.25, 0.3) is 0 Å². The van der Waals surface area contributed by atoms with Crippen molar-refractivity contribution in [3.05, 3.63) is 0 Å².